The highest BCUT2D eigenvalue weighted by atomic mass is 15.3. The lowest BCUT2D eigenvalue weighted by Gasteiger charge is -2.36. The number of nitrogens with one attached hydrogen (secondary N) is 1. The molecule has 1 N–H and O–H groups in total. The Bertz CT molecular complexity index is 175. The van der Waals surface area contributed by atoms with Crippen molar-refractivity contribution in [2.75, 3.05) is 40.3 Å². The molecule has 1 saturated carbocycles. The summed E-state index contributed by atoms with van der Waals surface area (Å²) >= 11 is 0. The highest BCUT2D eigenvalue weighted by molar-refractivity contribution is 4.87. The van der Waals surface area contributed by atoms with Crippen LogP contribution in [-0.4, -0.2) is 62.2 Å². The van der Waals surface area contributed by atoms with Crippen LogP contribution in [0.25, 0.3) is 0 Å². The minimum absolute atomic E-state index is 0.777. The molecule has 0 aromatic rings. The molecule has 0 aromatic heterocycles. The summed E-state index contributed by atoms with van der Waals surface area (Å²) in [6, 6.07) is 1.64. The van der Waals surface area contributed by atoms with Gasteiger partial charge in [0.2, 0.25) is 0 Å². The summed E-state index contributed by atoms with van der Waals surface area (Å²) in [6.45, 7) is 5.05. The lowest BCUT2D eigenvalue weighted by atomic mass is 10.2. The monoisotopic (exact) mass is 197 g/mol. The lowest BCUT2D eigenvalue weighted by Crippen LogP contribution is -2.48. The fraction of sp³-hybridized carbons (Fsp3) is 1.00. The predicted molar refractivity (Wildman–Crippen MR) is 59.6 cm³/mol. The summed E-state index contributed by atoms with van der Waals surface area (Å²) in [7, 11) is 4.32. The minimum Gasteiger partial charge on any atom is -0.317 e. The molecule has 2 atom stereocenters. The number of rotatable bonds is 2. The second-order valence-corrected chi connectivity index (χ2v) is 4.79. The van der Waals surface area contributed by atoms with Crippen LogP contribution in [0.2, 0.25) is 0 Å². The van der Waals surface area contributed by atoms with Crippen LogP contribution in [0.3, 0.4) is 0 Å². The van der Waals surface area contributed by atoms with E-state index in [1.54, 1.807) is 0 Å². The van der Waals surface area contributed by atoms with Crippen LogP contribution < -0.4 is 5.32 Å². The second-order valence-electron chi connectivity index (χ2n) is 4.79. The quantitative estimate of drug-likeness (QED) is 0.690. The Morgan fingerprint density at radius 1 is 1.07 bits per heavy atom. The predicted octanol–water partition coefficient (Wildman–Crippen LogP) is 0.374. The van der Waals surface area contributed by atoms with E-state index in [1.165, 1.54) is 45.4 Å². The molecule has 0 radical (unpaired) electrons. The maximum Gasteiger partial charge on any atom is 0.0113 e. The highest BCUT2D eigenvalue weighted by Gasteiger charge is 2.29. The third kappa shape index (κ3) is 2.27. The first-order valence-corrected chi connectivity index (χ1v) is 5.89. The SMILES string of the molecule is CN[C@H]1CCC(N2CCN(C)CC2)C1. The van der Waals surface area contributed by atoms with E-state index in [2.05, 4.69) is 29.2 Å². The smallest absolute Gasteiger partial charge is 0.0113 e. The molecule has 1 heterocycles. The van der Waals surface area contributed by atoms with Gasteiger partial charge in [-0.1, -0.05) is 0 Å². The molecule has 0 spiro atoms. The maximum absolute atomic E-state index is 3.40. The topological polar surface area (TPSA) is 18.5 Å². The van der Waals surface area contributed by atoms with Crippen molar-refractivity contribution < 1.29 is 0 Å². The third-order valence-corrected chi connectivity index (χ3v) is 3.87. The number of nitrogens with zero attached hydrogens (tertiary/aromatic N) is 2. The van der Waals surface area contributed by atoms with Gasteiger partial charge in [0.15, 0.2) is 0 Å². The Balaban J connectivity index is 1.79. The van der Waals surface area contributed by atoms with Gasteiger partial charge in [0.1, 0.15) is 0 Å². The van der Waals surface area contributed by atoms with Crippen LogP contribution in [0.5, 0.6) is 0 Å². The van der Waals surface area contributed by atoms with Gasteiger partial charge in [0, 0.05) is 38.3 Å². The zero-order chi connectivity index (χ0) is 9.97. The van der Waals surface area contributed by atoms with Gasteiger partial charge in [-0.15, -0.1) is 0 Å². The van der Waals surface area contributed by atoms with Gasteiger partial charge < -0.3 is 10.2 Å². The normalized spacial score (nSPS) is 36.4. The molecule has 0 bridgehead atoms. The Morgan fingerprint density at radius 2 is 1.79 bits per heavy atom. The van der Waals surface area contributed by atoms with Crippen molar-refractivity contribution in [1.82, 2.24) is 15.1 Å². The van der Waals surface area contributed by atoms with E-state index in [1.807, 2.05) is 0 Å². The zero-order valence-electron chi connectivity index (χ0n) is 9.50. The number of hydrogen-bond acceptors (Lipinski definition) is 3. The molecular formula is C11H23N3. The molecule has 1 aliphatic heterocycles. The molecule has 1 aliphatic carbocycles. The number of piperazine rings is 1. The molecule has 0 aromatic carbocycles. The maximum atomic E-state index is 3.40. The van der Waals surface area contributed by atoms with E-state index in [0.717, 1.165) is 12.1 Å². The average molecular weight is 197 g/mol. The highest BCUT2D eigenvalue weighted by Crippen LogP contribution is 2.24. The van der Waals surface area contributed by atoms with Crippen molar-refractivity contribution >= 4 is 0 Å². The fourth-order valence-corrected chi connectivity index (χ4v) is 2.74. The van der Waals surface area contributed by atoms with Crippen molar-refractivity contribution in [2.45, 2.75) is 31.3 Å². The van der Waals surface area contributed by atoms with Gasteiger partial charge in [0.05, 0.1) is 0 Å². The molecule has 2 aliphatic rings. The number of hydrogen-bond donors (Lipinski definition) is 1. The van der Waals surface area contributed by atoms with Gasteiger partial charge in [0.25, 0.3) is 0 Å². The summed E-state index contributed by atoms with van der Waals surface area (Å²) in [5.74, 6) is 0. The van der Waals surface area contributed by atoms with E-state index >= 15 is 0 Å². The first kappa shape index (κ1) is 10.4. The van der Waals surface area contributed by atoms with Gasteiger partial charge in [-0.25, -0.2) is 0 Å². The Labute approximate surface area is 87.4 Å². The van der Waals surface area contributed by atoms with Crippen molar-refractivity contribution in [3.05, 3.63) is 0 Å². The van der Waals surface area contributed by atoms with Crippen LogP contribution >= 0.6 is 0 Å². The van der Waals surface area contributed by atoms with E-state index in [-0.39, 0.29) is 0 Å². The summed E-state index contributed by atoms with van der Waals surface area (Å²) in [4.78, 5) is 5.12. The Morgan fingerprint density at radius 3 is 2.36 bits per heavy atom. The first-order chi connectivity index (χ1) is 6.79. The largest absolute Gasteiger partial charge is 0.317 e. The Hall–Kier alpha value is -0.120. The van der Waals surface area contributed by atoms with Gasteiger partial charge in [-0.2, -0.15) is 0 Å². The van der Waals surface area contributed by atoms with E-state index in [0.29, 0.717) is 0 Å². The van der Waals surface area contributed by atoms with Crippen molar-refractivity contribution in [2.24, 2.45) is 0 Å². The molecule has 14 heavy (non-hydrogen) atoms. The molecule has 3 nitrogen and oxygen atoms in total. The summed E-state index contributed by atoms with van der Waals surface area (Å²) < 4.78 is 0. The van der Waals surface area contributed by atoms with Crippen molar-refractivity contribution in [3.8, 4) is 0 Å². The standard InChI is InChI=1S/C11H23N3/c1-12-10-3-4-11(9-10)14-7-5-13(2)6-8-14/h10-12H,3-9H2,1-2H3/t10-,11?/m0/s1. The summed E-state index contributed by atoms with van der Waals surface area (Å²) in [5.41, 5.74) is 0. The first-order valence-electron chi connectivity index (χ1n) is 5.89. The van der Waals surface area contributed by atoms with Gasteiger partial charge in [-0.3, -0.25) is 4.90 Å². The van der Waals surface area contributed by atoms with E-state index in [9.17, 15) is 0 Å². The third-order valence-electron chi connectivity index (χ3n) is 3.87. The van der Waals surface area contributed by atoms with Crippen molar-refractivity contribution in [3.63, 3.8) is 0 Å². The molecule has 3 heteroatoms. The van der Waals surface area contributed by atoms with Crippen LogP contribution in [0.15, 0.2) is 0 Å². The summed E-state index contributed by atoms with van der Waals surface area (Å²) in [5, 5.41) is 3.40. The van der Waals surface area contributed by atoms with E-state index in [4.69, 9.17) is 0 Å². The van der Waals surface area contributed by atoms with Crippen LogP contribution in [0, 0.1) is 0 Å². The van der Waals surface area contributed by atoms with Crippen LogP contribution in [0.4, 0.5) is 0 Å². The Kier molecular flexibility index (Phi) is 3.42. The van der Waals surface area contributed by atoms with Gasteiger partial charge >= 0.3 is 0 Å². The van der Waals surface area contributed by atoms with E-state index < -0.39 is 0 Å². The minimum atomic E-state index is 0.777. The van der Waals surface area contributed by atoms with Crippen LogP contribution in [-0.2, 0) is 0 Å². The summed E-state index contributed by atoms with van der Waals surface area (Å²) in [6.07, 6.45) is 4.13. The van der Waals surface area contributed by atoms with Crippen molar-refractivity contribution in [1.29, 1.82) is 0 Å². The van der Waals surface area contributed by atoms with Gasteiger partial charge in [-0.05, 0) is 33.4 Å². The second kappa shape index (κ2) is 4.60. The fourth-order valence-electron chi connectivity index (χ4n) is 2.74. The molecule has 1 unspecified atom stereocenters. The molecular weight excluding hydrogens is 174 g/mol. The molecule has 1 saturated heterocycles. The van der Waals surface area contributed by atoms with Crippen LogP contribution in [0.1, 0.15) is 19.3 Å². The molecule has 0 amide bonds. The molecule has 2 rings (SSSR count). The lowest BCUT2D eigenvalue weighted by molar-refractivity contribution is 0.112. The average Bonchev–Trinajstić information content (AvgIpc) is 2.67. The molecule has 82 valence electrons. The zero-order valence-corrected chi connectivity index (χ0v) is 9.50. The number of likely N-dealkylation sites (N-methyl/N-ethyl adjacent to an activating group) is 1. The molecule has 2 fully saturated rings.